The maximum atomic E-state index is 13.0. The number of hydrogen-bond donors (Lipinski definition) is 1. The number of aromatic nitrogens is 2. The quantitative estimate of drug-likeness (QED) is 0.807. The average molecular weight is 405 g/mol. The van der Waals surface area contributed by atoms with Crippen LogP contribution in [0, 0.1) is 5.82 Å². The first-order valence-electron chi connectivity index (χ1n) is 9.37. The van der Waals surface area contributed by atoms with Crippen molar-refractivity contribution in [2.45, 2.75) is 24.9 Å². The number of ether oxygens (including phenoxy) is 1. The van der Waals surface area contributed by atoms with Crippen molar-refractivity contribution in [3.8, 4) is 5.75 Å². The Kier molecular flexibility index (Phi) is 5.88. The first-order valence-corrected chi connectivity index (χ1v) is 9.37. The molecule has 0 bridgehead atoms. The van der Waals surface area contributed by atoms with Gasteiger partial charge in [0.05, 0.1) is 0 Å². The van der Waals surface area contributed by atoms with E-state index in [-0.39, 0.29) is 31.1 Å². The maximum Gasteiger partial charge on any atom is 0.331 e. The molecule has 1 aliphatic rings. The zero-order chi connectivity index (χ0) is 21.2. The van der Waals surface area contributed by atoms with E-state index in [0.717, 1.165) is 15.2 Å². The Bertz CT molecular complexity index is 1010. The van der Waals surface area contributed by atoms with Crippen molar-refractivity contribution in [3.05, 3.63) is 62.7 Å². The Morgan fingerprint density at radius 2 is 1.83 bits per heavy atom. The van der Waals surface area contributed by atoms with Gasteiger partial charge in [0.25, 0.3) is 11.5 Å². The topological polar surface area (TPSA) is 93.8 Å². The summed E-state index contributed by atoms with van der Waals surface area (Å²) in [6.45, 7) is 0.664. The standard InChI is InChI=1S/C20H24FN3O5/c1-22-16(12-17(25)23(2)19(22)27)18(26)24-10-3-8-20(28,9-11-24)13-29-15-6-4-14(21)5-7-15/h4-7,12,28H,3,8-11,13H2,1-2H3. The highest BCUT2D eigenvalue weighted by Gasteiger charge is 2.33. The van der Waals surface area contributed by atoms with E-state index in [0.29, 0.717) is 25.1 Å². The molecule has 2 aromatic rings. The Morgan fingerprint density at radius 1 is 1.14 bits per heavy atom. The van der Waals surface area contributed by atoms with Gasteiger partial charge in [-0.15, -0.1) is 0 Å². The number of hydrogen-bond acceptors (Lipinski definition) is 5. The molecule has 3 rings (SSSR count). The lowest BCUT2D eigenvalue weighted by Crippen LogP contribution is -2.43. The molecule has 9 heteroatoms. The average Bonchev–Trinajstić information content (AvgIpc) is 2.90. The molecule has 1 aliphatic heterocycles. The summed E-state index contributed by atoms with van der Waals surface area (Å²) >= 11 is 0. The van der Waals surface area contributed by atoms with Gasteiger partial charge < -0.3 is 14.7 Å². The molecule has 1 fully saturated rings. The molecular formula is C20H24FN3O5. The second kappa shape index (κ2) is 8.20. The molecular weight excluding hydrogens is 381 g/mol. The molecule has 1 aromatic heterocycles. The Labute approximate surface area is 166 Å². The second-order valence-electron chi connectivity index (χ2n) is 7.38. The van der Waals surface area contributed by atoms with Crippen molar-refractivity contribution in [1.82, 2.24) is 14.0 Å². The lowest BCUT2D eigenvalue weighted by atomic mass is 9.96. The van der Waals surface area contributed by atoms with Gasteiger partial charge in [0.2, 0.25) is 0 Å². The minimum atomic E-state index is -1.14. The molecule has 2 heterocycles. The fraction of sp³-hybridized carbons (Fsp3) is 0.450. The van der Waals surface area contributed by atoms with Crippen LogP contribution in [0.5, 0.6) is 5.75 Å². The predicted octanol–water partition coefficient (Wildman–Crippen LogP) is 0.659. The largest absolute Gasteiger partial charge is 0.491 e. The second-order valence-corrected chi connectivity index (χ2v) is 7.38. The lowest BCUT2D eigenvalue weighted by molar-refractivity contribution is -0.0163. The van der Waals surface area contributed by atoms with Crippen LogP contribution in [0.25, 0.3) is 0 Å². The molecule has 1 saturated heterocycles. The van der Waals surface area contributed by atoms with Crippen molar-refractivity contribution in [1.29, 1.82) is 0 Å². The van der Waals surface area contributed by atoms with Gasteiger partial charge in [-0.1, -0.05) is 0 Å². The van der Waals surface area contributed by atoms with E-state index < -0.39 is 22.8 Å². The van der Waals surface area contributed by atoms with Crippen LogP contribution in [0.4, 0.5) is 4.39 Å². The molecule has 1 amide bonds. The minimum Gasteiger partial charge on any atom is -0.491 e. The summed E-state index contributed by atoms with van der Waals surface area (Å²) in [5, 5.41) is 10.9. The van der Waals surface area contributed by atoms with Gasteiger partial charge in [0, 0.05) is 33.3 Å². The SMILES string of the molecule is Cn1c(C(=O)N2CCCC(O)(COc3ccc(F)cc3)CC2)cc(=O)n(C)c1=O. The lowest BCUT2D eigenvalue weighted by Gasteiger charge is -2.27. The van der Waals surface area contributed by atoms with Crippen LogP contribution in [0.15, 0.2) is 39.9 Å². The van der Waals surface area contributed by atoms with Gasteiger partial charge >= 0.3 is 5.69 Å². The van der Waals surface area contributed by atoms with Crippen LogP contribution < -0.4 is 16.0 Å². The van der Waals surface area contributed by atoms with Crippen molar-refractivity contribution in [2.75, 3.05) is 19.7 Å². The third-order valence-corrected chi connectivity index (χ3v) is 5.27. The van der Waals surface area contributed by atoms with Gasteiger partial charge in [-0.2, -0.15) is 0 Å². The molecule has 0 saturated carbocycles. The fourth-order valence-electron chi connectivity index (χ4n) is 3.37. The Balaban J connectivity index is 1.69. The summed E-state index contributed by atoms with van der Waals surface area (Å²) in [7, 11) is 2.80. The molecule has 1 atom stereocenters. The van der Waals surface area contributed by atoms with E-state index in [9.17, 15) is 23.9 Å². The van der Waals surface area contributed by atoms with E-state index >= 15 is 0 Å². The van der Waals surface area contributed by atoms with Crippen LogP contribution in [0.2, 0.25) is 0 Å². The Morgan fingerprint density at radius 3 is 2.52 bits per heavy atom. The normalized spacial score (nSPS) is 19.7. The summed E-state index contributed by atoms with van der Waals surface area (Å²) in [6, 6.07) is 6.68. The summed E-state index contributed by atoms with van der Waals surface area (Å²) in [5.41, 5.74) is -2.23. The van der Waals surface area contributed by atoms with Crippen LogP contribution in [-0.4, -0.2) is 50.3 Å². The first-order chi connectivity index (χ1) is 13.7. The molecule has 1 unspecified atom stereocenters. The van der Waals surface area contributed by atoms with Gasteiger partial charge in [-0.05, 0) is 43.5 Å². The number of aliphatic hydroxyl groups is 1. The zero-order valence-electron chi connectivity index (χ0n) is 16.4. The van der Waals surface area contributed by atoms with E-state index in [4.69, 9.17) is 4.74 Å². The van der Waals surface area contributed by atoms with Gasteiger partial charge in [0.15, 0.2) is 0 Å². The third-order valence-electron chi connectivity index (χ3n) is 5.27. The summed E-state index contributed by atoms with van der Waals surface area (Å²) in [4.78, 5) is 38.4. The van der Waals surface area contributed by atoms with E-state index in [1.807, 2.05) is 0 Å². The molecule has 0 spiro atoms. The van der Waals surface area contributed by atoms with E-state index in [1.165, 1.54) is 43.3 Å². The highest BCUT2D eigenvalue weighted by Crippen LogP contribution is 2.25. The number of carbonyl (C=O) groups excluding carboxylic acids is 1. The molecule has 0 aliphatic carbocycles. The van der Waals surface area contributed by atoms with Crippen LogP contribution >= 0.6 is 0 Å². The predicted molar refractivity (Wildman–Crippen MR) is 104 cm³/mol. The summed E-state index contributed by atoms with van der Waals surface area (Å²) in [5.74, 6) is -0.344. The van der Waals surface area contributed by atoms with Gasteiger partial charge in [-0.25, -0.2) is 9.18 Å². The molecule has 8 nitrogen and oxygen atoms in total. The van der Waals surface area contributed by atoms with Crippen LogP contribution in [0.3, 0.4) is 0 Å². The number of carbonyl (C=O) groups is 1. The minimum absolute atomic E-state index is 0.0189. The van der Waals surface area contributed by atoms with Crippen molar-refractivity contribution in [3.63, 3.8) is 0 Å². The highest BCUT2D eigenvalue weighted by atomic mass is 19.1. The monoisotopic (exact) mass is 405 g/mol. The molecule has 1 N–H and O–H groups in total. The number of likely N-dealkylation sites (tertiary alicyclic amines) is 1. The number of halogens is 1. The van der Waals surface area contributed by atoms with Gasteiger partial charge in [-0.3, -0.25) is 18.7 Å². The summed E-state index contributed by atoms with van der Waals surface area (Å²) < 4.78 is 20.7. The van der Waals surface area contributed by atoms with Crippen molar-refractivity contribution >= 4 is 5.91 Å². The fourth-order valence-corrected chi connectivity index (χ4v) is 3.37. The van der Waals surface area contributed by atoms with Crippen LogP contribution in [0.1, 0.15) is 29.8 Å². The molecule has 0 radical (unpaired) electrons. The number of benzene rings is 1. The van der Waals surface area contributed by atoms with E-state index in [1.54, 1.807) is 0 Å². The Hall–Kier alpha value is -2.94. The summed E-state index contributed by atoms with van der Waals surface area (Å²) in [6.07, 6.45) is 1.24. The molecule has 29 heavy (non-hydrogen) atoms. The maximum absolute atomic E-state index is 13.0. The van der Waals surface area contributed by atoms with Crippen molar-refractivity contribution in [2.24, 2.45) is 14.1 Å². The smallest absolute Gasteiger partial charge is 0.331 e. The third kappa shape index (κ3) is 4.56. The van der Waals surface area contributed by atoms with Gasteiger partial charge in [0.1, 0.15) is 29.5 Å². The zero-order valence-corrected chi connectivity index (χ0v) is 16.4. The molecule has 1 aromatic carbocycles. The van der Waals surface area contributed by atoms with E-state index in [2.05, 4.69) is 0 Å². The first kappa shape index (κ1) is 20.8. The van der Waals surface area contributed by atoms with Crippen molar-refractivity contribution < 1.29 is 19.0 Å². The number of amides is 1. The highest BCUT2D eigenvalue weighted by molar-refractivity contribution is 5.92. The van der Waals surface area contributed by atoms with Crippen LogP contribution in [-0.2, 0) is 14.1 Å². The number of nitrogens with zero attached hydrogens (tertiary/aromatic N) is 3. The number of rotatable bonds is 4. The molecule has 156 valence electrons.